The van der Waals surface area contributed by atoms with E-state index in [4.69, 9.17) is 4.74 Å². The van der Waals surface area contributed by atoms with E-state index < -0.39 is 11.6 Å². The Morgan fingerprint density at radius 3 is 2.60 bits per heavy atom. The van der Waals surface area contributed by atoms with E-state index in [1.807, 2.05) is 78.7 Å². The Morgan fingerprint density at radius 1 is 1.09 bits per heavy atom. The number of aliphatic hydroxyl groups is 1. The second-order valence-electron chi connectivity index (χ2n) is 10.7. The van der Waals surface area contributed by atoms with Crippen molar-refractivity contribution in [3.05, 3.63) is 117 Å². The third-order valence-electron chi connectivity index (χ3n) is 7.65. The van der Waals surface area contributed by atoms with E-state index in [2.05, 4.69) is 15.6 Å². The fraction of sp³-hybridized carbons (Fsp3) is 0.303. The van der Waals surface area contributed by atoms with E-state index in [1.54, 1.807) is 54.5 Å². The minimum absolute atomic E-state index is 0.0883. The van der Waals surface area contributed by atoms with Crippen LogP contribution in [-0.4, -0.2) is 58.2 Å². The Labute approximate surface area is 260 Å². The predicted molar refractivity (Wildman–Crippen MR) is 171 cm³/mol. The molecule has 4 aromatic rings. The van der Waals surface area contributed by atoms with Crippen molar-refractivity contribution in [3.63, 3.8) is 0 Å². The molecule has 224 valence electrons. The highest BCUT2D eigenvalue weighted by molar-refractivity contribution is 7.99. The van der Waals surface area contributed by atoms with Gasteiger partial charge < -0.3 is 25.4 Å². The highest BCUT2D eigenvalue weighted by Crippen LogP contribution is 2.36. The number of carbonyl (C=O) groups excluding carboxylic acids is 2. The summed E-state index contributed by atoms with van der Waals surface area (Å²) in [7, 11) is 1.63. The van der Waals surface area contributed by atoms with E-state index in [1.165, 1.54) is 0 Å². The first-order chi connectivity index (χ1) is 20.8. The van der Waals surface area contributed by atoms with Gasteiger partial charge in [0.25, 0.3) is 11.8 Å². The summed E-state index contributed by atoms with van der Waals surface area (Å²) in [5, 5.41) is 20.8. The van der Waals surface area contributed by atoms with Crippen molar-refractivity contribution in [2.24, 2.45) is 0 Å². The normalized spacial score (nSPS) is 16.8. The molecule has 0 bridgehead atoms. The highest BCUT2D eigenvalue weighted by atomic mass is 32.2. The summed E-state index contributed by atoms with van der Waals surface area (Å²) in [4.78, 5) is 33.7. The lowest BCUT2D eigenvalue weighted by Crippen LogP contribution is -2.55. The molecular formula is C33H36N4O4S2. The third-order valence-corrected chi connectivity index (χ3v) is 9.73. The minimum atomic E-state index is -1.11. The minimum Gasteiger partial charge on any atom is -0.497 e. The predicted octanol–water partition coefficient (Wildman–Crippen LogP) is 5.14. The number of benzene rings is 3. The molecule has 3 N–H and O–H groups in total. The van der Waals surface area contributed by atoms with E-state index >= 15 is 0 Å². The largest absolute Gasteiger partial charge is 0.497 e. The number of thioether (sulfide) groups is 1. The zero-order valence-electron chi connectivity index (χ0n) is 24.4. The Bertz CT molecular complexity index is 1560. The van der Waals surface area contributed by atoms with Crippen LogP contribution >= 0.6 is 23.1 Å². The standard InChI is InChI=1S/C33H36N4O4S2/c1-22-19-43-31(35-22)28-20-42-21-37(28)32(40)25-11-8-10-24(16-25)30(39)36-33(2,26-12-5-4-6-13-26)29(38)18-34-17-23-9-7-14-27(15-23)41-3/h4-16,19,28-29,34,38H,17-18,20-21H2,1-3H3,(H,36,39)/t28-,29-,33+/m1/s1. The second kappa shape index (κ2) is 13.7. The number of aromatic nitrogens is 1. The van der Waals surface area contributed by atoms with Crippen LogP contribution in [0.2, 0.25) is 0 Å². The van der Waals surface area contributed by atoms with Gasteiger partial charge in [0.1, 0.15) is 10.8 Å². The van der Waals surface area contributed by atoms with Crippen LogP contribution < -0.4 is 15.4 Å². The van der Waals surface area contributed by atoms with Gasteiger partial charge in [0.2, 0.25) is 0 Å². The van der Waals surface area contributed by atoms with Crippen LogP contribution in [0.1, 0.15) is 55.5 Å². The number of thiazole rings is 1. The van der Waals surface area contributed by atoms with Gasteiger partial charge in [0, 0.05) is 41.0 Å². The first-order valence-electron chi connectivity index (χ1n) is 14.1. The number of rotatable bonds is 11. The Kier molecular flexibility index (Phi) is 9.82. The summed E-state index contributed by atoms with van der Waals surface area (Å²) in [5.74, 6) is 1.61. The zero-order valence-corrected chi connectivity index (χ0v) is 26.1. The average molecular weight is 617 g/mol. The Hall–Kier alpha value is -3.70. The molecule has 8 nitrogen and oxygen atoms in total. The van der Waals surface area contributed by atoms with Crippen LogP contribution in [0.3, 0.4) is 0 Å². The average Bonchev–Trinajstić information content (AvgIpc) is 3.70. The van der Waals surface area contributed by atoms with Crippen LogP contribution in [0.15, 0.2) is 84.2 Å². The quantitative estimate of drug-likeness (QED) is 0.214. The molecule has 2 heterocycles. The first-order valence-corrected chi connectivity index (χ1v) is 16.1. The number of aryl methyl sites for hydroxylation is 1. The summed E-state index contributed by atoms with van der Waals surface area (Å²) >= 11 is 3.26. The highest BCUT2D eigenvalue weighted by Gasteiger charge is 2.37. The van der Waals surface area contributed by atoms with Crippen molar-refractivity contribution in [3.8, 4) is 5.75 Å². The van der Waals surface area contributed by atoms with Gasteiger partial charge in [-0.05, 0) is 55.3 Å². The van der Waals surface area contributed by atoms with Gasteiger partial charge in [-0.15, -0.1) is 23.1 Å². The lowest BCUT2D eigenvalue weighted by atomic mass is 9.85. The van der Waals surface area contributed by atoms with Gasteiger partial charge in [-0.3, -0.25) is 9.59 Å². The number of methoxy groups -OCH3 is 1. The van der Waals surface area contributed by atoms with Crippen molar-refractivity contribution >= 4 is 34.9 Å². The summed E-state index contributed by atoms with van der Waals surface area (Å²) < 4.78 is 5.31. The van der Waals surface area contributed by atoms with Crippen molar-refractivity contribution in [2.75, 3.05) is 25.3 Å². The Morgan fingerprint density at radius 2 is 1.86 bits per heavy atom. The van der Waals surface area contributed by atoms with Crippen molar-refractivity contribution in [2.45, 2.75) is 38.1 Å². The van der Waals surface area contributed by atoms with Gasteiger partial charge in [-0.1, -0.05) is 48.5 Å². The molecule has 1 aliphatic heterocycles. The molecule has 5 rings (SSSR count). The van der Waals surface area contributed by atoms with Crippen molar-refractivity contribution < 1.29 is 19.4 Å². The van der Waals surface area contributed by atoms with Gasteiger partial charge >= 0.3 is 0 Å². The molecule has 1 saturated heterocycles. The fourth-order valence-corrected chi connectivity index (χ4v) is 7.29. The second-order valence-corrected chi connectivity index (χ2v) is 12.6. The van der Waals surface area contributed by atoms with E-state index in [0.717, 1.165) is 33.3 Å². The molecule has 0 aliphatic carbocycles. The molecule has 2 amide bonds. The van der Waals surface area contributed by atoms with Gasteiger partial charge in [0.05, 0.1) is 30.7 Å². The molecule has 1 fully saturated rings. The van der Waals surface area contributed by atoms with Gasteiger partial charge in [-0.25, -0.2) is 4.98 Å². The van der Waals surface area contributed by atoms with Crippen LogP contribution in [0.5, 0.6) is 5.75 Å². The number of nitrogens with zero attached hydrogens (tertiary/aromatic N) is 2. The lowest BCUT2D eigenvalue weighted by Gasteiger charge is -2.36. The Balaban J connectivity index is 1.31. The van der Waals surface area contributed by atoms with Crippen LogP contribution in [0, 0.1) is 6.92 Å². The molecule has 1 aliphatic rings. The van der Waals surface area contributed by atoms with E-state index in [9.17, 15) is 14.7 Å². The number of carbonyl (C=O) groups is 2. The zero-order chi connectivity index (χ0) is 30.4. The van der Waals surface area contributed by atoms with Gasteiger partial charge in [-0.2, -0.15) is 0 Å². The van der Waals surface area contributed by atoms with Crippen molar-refractivity contribution in [1.29, 1.82) is 0 Å². The molecule has 43 heavy (non-hydrogen) atoms. The molecular weight excluding hydrogens is 581 g/mol. The summed E-state index contributed by atoms with van der Waals surface area (Å²) in [6.45, 7) is 4.52. The molecule has 0 radical (unpaired) electrons. The number of hydrogen-bond acceptors (Lipinski definition) is 8. The summed E-state index contributed by atoms with van der Waals surface area (Å²) in [6, 6.07) is 23.8. The molecule has 1 aromatic heterocycles. The molecule has 0 unspecified atom stereocenters. The molecule has 3 atom stereocenters. The lowest BCUT2D eigenvalue weighted by molar-refractivity contribution is 0.0554. The summed E-state index contributed by atoms with van der Waals surface area (Å²) in [6.07, 6.45) is -0.960. The smallest absolute Gasteiger partial charge is 0.255 e. The van der Waals surface area contributed by atoms with Crippen LogP contribution in [0.4, 0.5) is 0 Å². The van der Waals surface area contributed by atoms with Crippen LogP contribution in [-0.2, 0) is 12.1 Å². The van der Waals surface area contributed by atoms with Crippen molar-refractivity contribution in [1.82, 2.24) is 20.5 Å². The van der Waals surface area contributed by atoms with E-state index in [-0.39, 0.29) is 24.4 Å². The number of amides is 2. The van der Waals surface area contributed by atoms with Gasteiger partial charge in [0.15, 0.2) is 0 Å². The van der Waals surface area contributed by atoms with Crippen LogP contribution in [0.25, 0.3) is 0 Å². The maximum Gasteiger partial charge on any atom is 0.255 e. The maximum atomic E-state index is 13.7. The fourth-order valence-electron chi connectivity index (χ4n) is 5.11. The molecule has 0 saturated carbocycles. The number of aliphatic hydroxyl groups excluding tert-OH is 1. The maximum absolute atomic E-state index is 13.7. The molecule has 10 heteroatoms. The molecule has 0 spiro atoms. The monoisotopic (exact) mass is 616 g/mol. The topological polar surface area (TPSA) is 104 Å². The third kappa shape index (κ3) is 7.10. The number of nitrogens with one attached hydrogen (secondary N) is 2. The number of hydrogen-bond donors (Lipinski definition) is 3. The first kappa shape index (κ1) is 30.7. The van der Waals surface area contributed by atoms with E-state index in [0.29, 0.717) is 23.5 Å². The number of ether oxygens (including phenoxy) is 1. The molecule has 3 aromatic carbocycles. The summed E-state index contributed by atoms with van der Waals surface area (Å²) in [5.41, 5.74) is 2.40. The SMILES string of the molecule is COc1cccc(CNC[C@@H](O)[C@@](C)(NC(=O)c2cccc(C(=O)N3CSC[C@@H]3c3nc(C)cs3)c2)c2ccccc2)c1.